The molecular formula is C19H25N5O. The molecule has 3 rings (SSSR count). The molecule has 25 heavy (non-hydrogen) atoms. The number of nitrogens with one attached hydrogen (secondary N) is 1. The Morgan fingerprint density at radius 3 is 2.60 bits per heavy atom. The average Bonchev–Trinajstić information content (AvgIpc) is 2.67. The van der Waals surface area contributed by atoms with E-state index in [2.05, 4.69) is 49.5 Å². The number of morpholine rings is 1. The Morgan fingerprint density at radius 2 is 1.88 bits per heavy atom. The van der Waals surface area contributed by atoms with Crippen molar-refractivity contribution in [3.05, 3.63) is 35.9 Å². The Bertz CT molecular complexity index is 697. The summed E-state index contributed by atoms with van der Waals surface area (Å²) >= 11 is 0. The minimum absolute atomic E-state index is 0.681. The zero-order valence-electron chi connectivity index (χ0n) is 14.9. The van der Waals surface area contributed by atoms with Crippen LogP contribution in [-0.4, -0.2) is 64.2 Å². The molecule has 0 bridgehead atoms. The fourth-order valence-electron chi connectivity index (χ4n) is 2.87. The molecule has 0 amide bonds. The van der Waals surface area contributed by atoms with E-state index in [0.29, 0.717) is 13.1 Å². The Kier molecular flexibility index (Phi) is 5.95. The zero-order valence-corrected chi connectivity index (χ0v) is 14.9. The van der Waals surface area contributed by atoms with Crippen LogP contribution in [0, 0.1) is 0 Å². The van der Waals surface area contributed by atoms with Gasteiger partial charge in [-0.2, -0.15) is 0 Å². The van der Waals surface area contributed by atoms with Gasteiger partial charge in [-0.05, 0) is 30.7 Å². The summed E-state index contributed by atoms with van der Waals surface area (Å²) < 4.78 is 5.42. The summed E-state index contributed by atoms with van der Waals surface area (Å²) in [5.41, 5.74) is 4.19. The molecule has 6 heteroatoms. The van der Waals surface area contributed by atoms with Gasteiger partial charge in [0.15, 0.2) is 0 Å². The number of nitrogens with zero attached hydrogens (tertiary/aromatic N) is 4. The lowest BCUT2D eigenvalue weighted by Crippen LogP contribution is -2.36. The summed E-state index contributed by atoms with van der Waals surface area (Å²) in [6.45, 7) is 6.80. The summed E-state index contributed by atoms with van der Waals surface area (Å²) in [5, 5.41) is 3.39. The van der Waals surface area contributed by atoms with E-state index in [4.69, 9.17) is 4.74 Å². The first kappa shape index (κ1) is 17.4. The minimum Gasteiger partial charge on any atom is -0.378 e. The number of rotatable bonds is 2. The van der Waals surface area contributed by atoms with Crippen molar-refractivity contribution in [2.24, 2.45) is 15.0 Å². The summed E-state index contributed by atoms with van der Waals surface area (Å²) in [6.07, 6.45) is 3.83. The van der Waals surface area contributed by atoms with Crippen molar-refractivity contribution < 1.29 is 4.74 Å². The van der Waals surface area contributed by atoms with Crippen LogP contribution in [0.2, 0.25) is 0 Å². The van der Waals surface area contributed by atoms with Gasteiger partial charge >= 0.3 is 0 Å². The summed E-state index contributed by atoms with van der Waals surface area (Å²) in [7, 11) is 1.78. The molecule has 0 spiro atoms. The molecule has 1 aromatic carbocycles. The largest absolute Gasteiger partial charge is 0.378 e. The van der Waals surface area contributed by atoms with Crippen LogP contribution < -0.4 is 10.2 Å². The first-order valence-corrected chi connectivity index (χ1v) is 8.66. The highest BCUT2D eigenvalue weighted by Gasteiger charge is 2.12. The Morgan fingerprint density at radius 1 is 1.12 bits per heavy atom. The second-order valence-corrected chi connectivity index (χ2v) is 5.95. The molecular weight excluding hydrogens is 314 g/mol. The lowest BCUT2D eigenvalue weighted by Gasteiger charge is -2.29. The molecule has 0 atom stereocenters. The Balaban J connectivity index is 1.83. The highest BCUT2D eigenvalue weighted by Crippen LogP contribution is 2.20. The molecule has 1 saturated heterocycles. The smallest absolute Gasteiger partial charge is 0.146 e. The summed E-state index contributed by atoms with van der Waals surface area (Å²) in [4.78, 5) is 15.6. The fraction of sp³-hybridized carbons (Fsp3) is 0.421. The molecule has 132 valence electrons. The van der Waals surface area contributed by atoms with Gasteiger partial charge in [0, 0.05) is 37.7 Å². The van der Waals surface area contributed by atoms with Gasteiger partial charge in [0.2, 0.25) is 0 Å². The first-order valence-electron chi connectivity index (χ1n) is 8.66. The molecule has 1 aromatic rings. The fourth-order valence-corrected chi connectivity index (χ4v) is 2.87. The topological polar surface area (TPSA) is 61.6 Å². The van der Waals surface area contributed by atoms with Gasteiger partial charge in [-0.25, -0.2) is 0 Å². The maximum Gasteiger partial charge on any atom is 0.146 e. The lowest BCUT2D eigenvalue weighted by molar-refractivity contribution is 0.122. The van der Waals surface area contributed by atoms with Crippen LogP contribution in [0.1, 0.15) is 12.5 Å². The van der Waals surface area contributed by atoms with Crippen LogP contribution in [0.4, 0.5) is 5.69 Å². The van der Waals surface area contributed by atoms with E-state index >= 15 is 0 Å². The SMILES string of the molecule is CN=C1N/C(c2ccc(N3CCOCC3)cc2)=C\C=NCCN=C1C. The molecule has 0 saturated carbocycles. The molecule has 2 aliphatic rings. The van der Waals surface area contributed by atoms with E-state index in [0.717, 1.165) is 49.1 Å². The molecule has 6 nitrogen and oxygen atoms in total. The lowest BCUT2D eigenvalue weighted by atomic mass is 10.1. The predicted molar refractivity (Wildman–Crippen MR) is 105 cm³/mol. The molecule has 0 aromatic heterocycles. The van der Waals surface area contributed by atoms with Gasteiger partial charge in [-0.15, -0.1) is 0 Å². The third kappa shape index (κ3) is 4.54. The zero-order chi connectivity index (χ0) is 17.5. The predicted octanol–water partition coefficient (Wildman–Crippen LogP) is 2.03. The molecule has 0 unspecified atom stereocenters. The summed E-state index contributed by atoms with van der Waals surface area (Å²) in [5.74, 6) is 0.791. The van der Waals surface area contributed by atoms with Crippen molar-refractivity contribution >= 4 is 29.1 Å². The third-order valence-corrected chi connectivity index (χ3v) is 4.30. The first-order chi connectivity index (χ1) is 12.3. The van der Waals surface area contributed by atoms with Crippen molar-refractivity contribution in [1.29, 1.82) is 0 Å². The monoisotopic (exact) mass is 339 g/mol. The highest BCUT2D eigenvalue weighted by molar-refractivity contribution is 6.41. The third-order valence-electron chi connectivity index (χ3n) is 4.30. The molecule has 1 fully saturated rings. The standard InChI is InChI=1S/C19H25N5O/c1-15-19(20-2)23-18(7-8-21-9-10-22-15)16-3-5-17(6-4-16)24-11-13-25-14-12-24/h3-8H,9-14H2,1-2H3,(H,20,23)/b18-7-,21-8?,22-15?. The van der Waals surface area contributed by atoms with Crippen LogP contribution in [0.3, 0.4) is 0 Å². The Labute approximate surface area is 149 Å². The highest BCUT2D eigenvalue weighted by atomic mass is 16.5. The number of ether oxygens (including phenoxy) is 1. The second-order valence-electron chi connectivity index (χ2n) is 5.95. The number of anilines is 1. The number of benzene rings is 1. The normalized spacial score (nSPS) is 22.8. The van der Waals surface area contributed by atoms with E-state index in [9.17, 15) is 0 Å². The quantitative estimate of drug-likeness (QED) is 0.897. The molecule has 0 aliphatic carbocycles. The van der Waals surface area contributed by atoms with Gasteiger partial charge < -0.3 is 15.0 Å². The van der Waals surface area contributed by atoms with Gasteiger partial charge in [0.05, 0.1) is 32.0 Å². The maximum atomic E-state index is 5.42. The molecule has 2 aliphatic heterocycles. The molecule has 2 heterocycles. The average molecular weight is 339 g/mol. The van der Waals surface area contributed by atoms with E-state index in [1.165, 1.54) is 5.69 Å². The van der Waals surface area contributed by atoms with Crippen molar-refractivity contribution in [1.82, 2.24) is 5.32 Å². The number of aliphatic imine (C=N–C) groups is 3. The van der Waals surface area contributed by atoms with Gasteiger partial charge in [0.25, 0.3) is 0 Å². The van der Waals surface area contributed by atoms with Crippen molar-refractivity contribution in [3.8, 4) is 0 Å². The van der Waals surface area contributed by atoms with Crippen molar-refractivity contribution in [3.63, 3.8) is 0 Å². The van der Waals surface area contributed by atoms with E-state index in [1.807, 2.05) is 19.2 Å². The van der Waals surface area contributed by atoms with Crippen LogP contribution in [0.25, 0.3) is 5.70 Å². The van der Waals surface area contributed by atoms with Crippen molar-refractivity contribution in [2.75, 3.05) is 51.3 Å². The van der Waals surface area contributed by atoms with Crippen LogP contribution in [0.5, 0.6) is 0 Å². The number of amidine groups is 1. The minimum atomic E-state index is 0.681. The van der Waals surface area contributed by atoms with Crippen LogP contribution in [0.15, 0.2) is 45.3 Å². The van der Waals surface area contributed by atoms with Gasteiger partial charge in [-0.1, -0.05) is 12.1 Å². The number of hydrogen-bond acceptors (Lipinski definition) is 5. The second kappa shape index (κ2) is 8.58. The number of allylic oxidation sites excluding steroid dienone is 1. The summed E-state index contributed by atoms with van der Waals surface area (Å²) in [6, 6.07) is 8.57. The molecule has 0 radical (unpaired) electrons. The van der Waals surface area contributed by atoms with E-state index in [1.54, 1.807) is 7.05 Å². The number of hydrogen-bond donors (Lipinski definition) is 1. The van der Waals surface area contributed by atoms with E-state index in [-0.39, 0.29) is 0 Å². The van der Waals surface area contributed by atoms with Gasteiger partial charge in [0.1, 0.15) is 5.84 Å². The maximum absolute atomic E-state index is 5.42. The van der Waals surface area contributed by atoms with Crippen LogP contribution in [-0.2, 0) is 4.74 Å². The van der Waals surface area contributed by atoms with Crippen LogP contribution >= 0.6 is 0 Å². The Hall–Kier alpha value is -2.47. The van der Waals surface area contributed by atoms with E-state index < -0.39 is 0 Å². The molecule has 1 N–H and O–H groups in total. The van der Waals surface area contributed by atoms with Gasteiger partial charge in [-0.3, -0.25) is 15.0 Å². The van der Waals surface area contributed by atoms with Crippen molar-refractivity contribution in [2.45, 2.75) is 6.92 Å².